The van der Waals surface area contributed by atoms with E-state index < -0.39 is 11.5 Å². The minimum Gasteiger partial charge on any atom is -0.391 e. The van der Waals surface area contributed by atoms with Gasteiger partial charge in [-0.05, 0) is 55.6 Å². The molecule has 110 valence electrons. The Morgan fingerprint density at radius 1 is 1.29 bits per heavy atom. The molecule has 1 aromatic carbocycles. The Kier molecular flexibility index (Phi) is 3.63. The Hall–Kier alpha value is -1.59. The number of benzene rings is 1. The number of allylic oxidation sites excluding steroid dienone is 2. The van der Waals surface area contributed by atoms with Gasteiger partial charge in [0.2, 0.25) is 0 Å². The molecule has 2 aliphatic rings. The molecular weight excluding hydrogens is 258 g/mol. The summed E-state index contributed by atoms with van der Waals surface area (Å²) in [5.74, 6) is 0.705. The van der Waals surface area contributed by atoms with Crippen molar-refractivity contribution in [3.05, 3.63) is 47.0 Å². The highest BCUT2D eigenvalue weighted by Gasteiger charge is 2.47. The molecule has 0 spiro atoms. The largest absolute Gasteiger partial charge is 0.391 e. The number of rotatable bonds is 2. The second-order valence-electron chi connectivity index (χ2n) is 7.03. The second-order valence-corrected chi connectivity index (χ2v) is 7.03. The molecular formula is C19H23NO. The molecule has 1 N–H and O–H groups in total. The summed E-state index contributed by atoms with van der Waals surface area (Å²) in [5, 5.41) is 20.8. The van der Waals surface area contributed by atoms with Gasteiger partial charge in [0.25, 0.3) is 0 Å². The summed E-state index contributed by atoms with van der Waals surface area (Å²) in [6.45, 7) is 4.34. The molecule has 2 aliphatic carbocycles. The van der Waals surface area contributed by atoms with Crippen molar-refractivity contribution in [1.29, 1.82) is 5.26 Å². The van der Waals surface area contributed by atoms with Crippen molar-refractivity contribution in [3.63, 3.8) is 0 Å². The minimum atomic E-state index is -0.633. The van der Waals surface area contributed by atoms with E-state index in [4.69, 9.17) is 0 Å². The number of hydrogen-bond acceptors (Lipinski definition) is 2. The van der Waals surface area contributed by atoms with Crippen LogP contribution in [0, 0.1) is 28.6 Å². The highest BCUT2D eigenvalue weighted by molar-refractivity contribution is 5.38. The van der Waals surface area contributed by atoms with Gasteiger partial charge in [-0.25, -0.2) is 0 Å². The van der Waals surface area contributed by atoms with E-state index in [1.54, 1.807) is 0 Å². The van der Waals surface area contributed by atoms with E-state index in [0.29, 0.717) is 18.8 Å². The number of hydrogen-bond donors (Lipinski definition) is 1. The molecule has 3 rings (SSSR count). The number of fused-ring (bicyclic) bond motifs is 1. The van der Waals surface area contributed by atoms with Crippen LogP contribution in [0.5, 0.6) is 0 Å². The lowest BCUT2D eigenvalue weighted by atomic mass is 9.69. The van der Waals surface area contributed by atoms with Gasteiger partial charge in [0.1, 0.15) is 0 Å². The van der Waals surface area contributed by atoms with Crippen LogP contribution in [-0.4, -0.2) is 11.2 Å². The summed E-state index contributed by atoms with van der Waals surface area (Å²) < 4.78 is 0. The molecule has 0 aliphatic heterocycles. The third-order valence-electron chi connectivity index (χ3n) is 5.19. The van der Waals surface area contributed by atoms with Gasteiger partial charge in [0.15, 0.2) is 0 Å². The summed E-state index contributed by atoms with van der Waals surface area (Å²) in [7, 11) is 0. The van der Waals surface area contributed by atoms with Crippen molar-refractivity contribution in [1.82, 2.24) is 0 Å². The van der Waals surface area contributed by atoms with E-state index in [2.05, 4.69) is 38.1 Å². The maximum Gasteiger partial charge on any atom is 0.0915 e. The van der Waals surface area contributed by atoms with Gasteiger partial charge >= 0.3 is 0 Å². The normalized spacial score (nSPS) is 28.4. The quantitative estimate of drug-likeness (QED) is 0.841. The third-order valence-corrected chi connectivity index (χ3v) is 5.19. The molecule has 2 nitrogen and oxygen atoms in total. The topological polar surface area (TPSA) is 44.0 Å². The maximum atomic E-state index is 11.0. The number of nitriles is 1. The van der Waals surface area contributed by atoms with Gasteiger partial charge in [-0.2, -0.15) is 5.26 Å². The smallest absolute Gasteiger partial charge is 0.0915 e. The fourth-order valence-electron chi connectivity index (χ4n) is 4.29. The molecule has 0 heterocycles. The zero-order chi connectivity index (χ0) is 15.0. The van der Waals surface area contributed by atoms with Crippen LogP contribution in [0.15, 0.2) is 35.9 Å². The van der Waals surface area contributed by atoms with Crippen LogP contribution in [0.1, 0.15) is 37.8 Å². The van der Waals surface area contributed by atoms with E-state index in [9.17, 15) is 10.4 Å². The number of aliphatic hydroxyl groups excluding tert-OH is 1. The van der Waals surface area contributed by atoms with Crippen molar-refractivity contribution in [2.24, 2.45) is 17.3 Å². The van der Waals surface area contributed by atoms with E-state index in [1.165, 1.54) is 16.7 Å². The second kappa shape index (κ2) is 5.31. The lowest BCUT2D eigenvalue weighted by molar-refractivity contribution is 0.00869. The van der Waals surface area contributed by atoms with Gasteiger partial charge in [0, 0.05) is 0 Å². The van der Waals surface area contributed by atoms with Crippen molar-refractivity contribution in [3.8, 4) is 6.07 Å². The van der Waals surface area contributed by atoms with E-state index in [1.807, 2.05) is 12.1 Å². The van der Waals surface area contributed by atoms with E-state index >= 15 is 0 Å². The van der Waals surface area contributed by atoms with Crippen LogP contribution in [0.25, 0.3) is 0 Å². The molecule has 3 atom stereocenters. The molecule has 1 aromatic rings. The third kappa shape index (κ3) is 2.51. The monoisotopic (exact) mass is 281 g/mol. The van der Waals surface area contributed by atoms with Crippen molar-refractivity contribution >= 4 is 0 Å². The molecule has 0 fully saturated rings. The molecule has 2 heteroatoms. The fraction of sp³-hybridized carbons (Fsp3) is 0.526. The Bertz CT molecular complexity index is 585. The predicted octanol–water partition coefficient (Wildman–Crippen LogP) is 3.65. The summed E-state index contributed by atoms with van der Waals surface area (Å²) in [5.41, 5.74) is 3.18. The molecule has 0 saturated heterocycles. The molecule has 0 saturated carbocycles. The van der Waals surface area contributed by atoms with Crippen LogP contribution in [0.4, 0.5) is 0 Å². The lowest BCUT2D eigenvalue weighted by Crippen LogP contribution is -2.41. The van der Waals surface area contributed by atoms with E-state index in [-0.39, 0.29) is 5.92 Å². The summed E-state index contributed by atoms with van der Waals surface area (Å²) >= 11 is 0. The molecule has 0 amide bonds. The number of aliphatic hydroxyl groups is 1. The van der Waals surface area contributed by atoms with Crippen LogP contribution < -0.4 is 0 Å². The highest BCUT2D eigenvalue weighted by Crippen LogP contribution is 2.44. The SMILES string of the molecule is CC1=CC(C)CC(C(O)C2(C#N)Cc3ccccc3C2)C1. The first-order valence-corrected chi connectivity index (χ1v) is 7.87. The van der Waals surface area contributed by atoms with Gasteiger partial charge in [-0.15, -0.1) is 0 Å². The molecule has 0 radical (unpaired) electrons. The average molecular weight is 281 g/mol. The predicted molar refractivity (Wildman–Crippen MR) is 83.5 cm³/mol. The molecule has 3 unspecified atom stereocenters. The van der Waals surface area contributed by atoms with Gasteiger partial charge in [-0.1, -0.05) is 42.8 Å². The van der Waals surface area contributed by atoms with Gasteiger partial charge in [0.05, 0.1) is 17.6 Å². The summed E-state index contributed by atoms with van der Waals surface area (Å²) in [4.78, 5) is 0. The van der Waals surface area contributed by atoms with Crippen LogP contribution >= 0.6 is 0 Å². The van der Waals surface area contributed by atoms with Crippen LogP contribution in [0.2, 0.25) is 0 Å². The Morgan fingerprint density at radius 2 is 1.90 bits per heavy atom. The van der Waals surface area contributed by atoms with Crippen molar-refractivity contribution < 1.29 is 5.11 Å². The molecule has 0 bridgehead atoms. The van der Waals surface area contributed by atoms with Crippen LogP contribution in [0.3, 0.4) is 0 Å². The molecule has 21 heavy (non-hydrogen) atoms. The van der Waals surface area contributed by atoms with Crippen LogP contribution in [-0.2, 0) is 12.8 Å². The Morgan fingerprint density at radius 3 is 2.43 bits per heavy atom. The fourth-order valence-corrected chi connectivity index (χ4v) is 4.29. The summed E-state index contributed by atoms with van der Waals surface area (Å²) in [6.07, 6.45) is 5.04. The standard InChI is InChI=1S/C19H23NO/c1-13-7-14(2)9-17(8-13)18(21)19(12-20)10-15-5-3-4-6-16(15)11-19/h3-7,13,17-18,21H,8-11H2,1-2H3. The van der Waals surface area contributed by atoms with Crippen molar-refractivity contribution in [2.45, 2.75) is 45.6 Å². The summed E-state index contributed by atoms with van der Waals surface area (Å²) in [6, 6.07) is 10.7. The highest BCUT2D eigenvalue weighted by atomic mass is 16.3. The first kappa shape index (κ1) is 14.4. The van der Waals surface area contributed by atoms with Gasteiger partial charge < -0.3 is 5.11 Å². The number of nitrogens with zero attached hydrogens (tertiary/aromatic N) is 1. The zero-order valence-corrected chi connectivity index (χ0v) is 12.8. The average Bonchev–Trinajstić information content (AvgIpc) is 2.85. The first-order valence-electron chi connectivity index (χ1n) is 7.87. The first-order chi connectivity index (χ1) is 10.0. The Labute approximate surface area is 127 Å². The van der Waals surface area contributed by atoms with Crippen molar-refractivity contribution in [2.75, 3.05) is 0 Å². The minimum absolute atomic E-state index is 0.207. The van der Waals surface area contributed by atoms with E-state index in [0.717, 1.165) is 12.8 Å². The maximum absolute atomic E-state index is 11.0. The molecule has 0 aromatic heterocycles. The Balaban J connectivity index is 1.85. The zero-order valence-electron chi connectivity index (χ0n) is 12.8. The lowest BCUT2D eigenvalue weighted by Gasteiger charge is -2.36. The van der Waals surface area contributed by atoms with Gasteiger partial charge in [-0.3, -0.25) is 0 Å².